The standard InChI is InChI=1S/C22H24N2O3S2/c1-15(2)17-6-8-18(9-7-17)20-14-28-22(23-20)24-21(25)12-13-29(26,27)19-10-4-16(3)5-11-19/h4-11,14-15H,12-13H2,1-3H3,(H,23,24,25). The minimum absolute atomic E-state index is 0.117. The zero-order valence-corrected chi connectivity index (χ0v) is 18.3. The average Bonchev–Trinajstić information content (AvgIpc) is 3.15. The number of carbonyl (C=O) groups is 1. The number of aryl methyl sites for hydroxylation is 1. The molecule has 0 saturated heterocycles. The van der Waals surface area contributed by atoms with Gasteiger partial charge < -0.3 is 5.32 Å². The Labute approximate surface area is 175 Å². The van der Waals surface area contributed by atoms with Gasteiger partial charge in [-0.3, -0.25) is 4.79 Å². The van der Waals surface area contributed by atoms with Gasteiger partial charge in [0.15, 0.2) is 15.0 Å². The van der Waals surface area contributed by atoms with E-state index in [1.165, 1.54) is 16.9 Å². The third kappa shape index (κ3) is 5.52. The summed E-state index contributed by atoms with van der Waals surface area (Å²) in [5.41, 5.74) is 4.01. The molecule has 0 bridgehead atoms. The Balaban J connectivity index is 1.59. The van der Waals surface area contributed by atoms with Crippen molar-refractivity contribution in [3.63, 3.8) is 0 Å². The smallest absolute Gasteiger partial charge is 0.227 e. The van der Waals surface area contributed by atoms with Gasteiger partial charge in [-0.1, -0.05) is 55.8 Å². The second-order valence-corrected chi connectivity index (χ2v) is 10.2. The molecular weight excluding hydrogens is 404 g/mol. The van der Waals surface area contributed by atoms with E-state index in [0.29, 0.717) is 11.0 Å². The number of hydrogen-bond donors (Lipinski definition) is 1. The molecule has 0 aliphatic heterocycles. The van der Waals surface area contributed by atoms with Crippen LogP contribution in [0.5, 0.6) is 0 Å². The Kier molecular flexibility index (Phi) is 6.49. The second-order valence-electron chi connectivity index (χ2n) is 7.24. The molecule has 0 fully saturated rings. The van der Waals surface area contributed by atoms with E-state index in [1.54, 1.807) is 24.3 Å². The SMILES string of the molecule is Cc1ccc(S(=O)(=O)CCC(=O)Nc2nc(-c3ccc(C(C)C)cc3)cs2)cc1. The van der Waals surface area contributed by atoms with Crippen LogP contribution in [-0.4, -0.2) is 25.1 Å². The number of sulfone groups is 1. The van der Waals surface area contributed by atoms with Crippen LogP contribution in [0, 0.1) is 6.92 Å². The van der Waals surface area contributed by atoms with Crippen molar-refractivity contribution in [2.24, 2.45) is 0 Å². The quantitative estimate of drug-likeness (QED) is 0.572. The molecule has 0 aliphatic carbocycles. The van der Waals surface area contributed by atoms with Gasteiger partial charge in [0, 0.05) is 17.4 Å². The molecule has 0 atom stereocenters. The summed E-state index contributed by atoms with van der Waals surface area (Å²) in [6, 6.07) is 14.8. The van der Waals surface area contributed by atoms with Crippen molar-refractivity contribution < 1.29 is 13.2 Å². The molecule has 0 aliphatic rings. The lowest BCUT2D eigenvalue weighted by atomic mass is 10.0. The van der Waals surface area contributed by atoms with Gasteiger partial charge in [-0.2, -0.15) is 0 Å². The van der Waals surface area contributed by atoms with Gasteiger partial charge in [0.05, 0.1) is 16.3 Å². The first kappa shape index (κ1) is 21.2. The van der Waals surface area contributed by atoms with Crippen molar-refractivity contribution in [3.8, 4) is 11.3 Å². The number of carbonyl (C=O) groups excluding carboxylic acids is 1. The molecule has 0 unspecified atom stereocenters. The minimum Gasteiger partial charge on any atom is -0.302 e. The van der Waals surface area contributed by atoms with E-state index in [0.717, 1.165) is 16.8 Å². The minimum atomic E-state index is -3.49. The molecular formula is C22H24N2O3S2. The van der Waals surface area contributed by atoms with E-state index in [4.69, 9.17) is 0 Å². The highest BCUT2D eigenvalue weighted by Gasteiger charge is 2.17. The second kappa shape index (κ2) is 8.88. The highest BCUT2D eigenvalue weighted by atomic mass is 32.2. The summed E-state index contributed by atoms with van der Waals surface area (Å²) in [6.07, 6.45) is -0.117. The predicted octanol–water partition coefficient (Wildman–Crippen LogP) is 5.04. The third-order valence-electron chi connectivity index (χ3n) is 4.60. The number of anilines is 1. The molecule has 1 aromatic heterocycles. The number of nitrogens with one attached hydrogen (secondary N) is 1. The first-order valence-corrected chi connectivity index (χ1v) is 11.9. The Morgan fingerprint density at radius 2 is 1.72 bits per heavy atom. The molecule has 0 spiro atoms. The first-order chi connectivity index (χ1) is 13.7. The maximum atomic E-state index is 12.4. The molecule has 0 saturated carbocycles. The summed E-state index contributed by atoms with van der Waals surface area (Å²) < 4.78 is 24.7. The van der Waals surface area contributed by atoms with Gasteiger partial charge in [-0.05, 0) is 30.5 Å². The Morgan fingerprint density at radius 3 is 2.34 bits per heavy atom. The van der Waals surface area contributed by atoms with Crippen LogP contribution in [0.25, 0.3) is 11.3 Å². The predicted molar refractivity (Wildman–Crippen MR) is 118 cm³/mol. The van der Waals surface area contributed by atoms with Crippen LogP contribution >= 0.6 is 11.3 Å². The number of rotatable bonds is 7. The highest BCUT2D eigenvalue weighted by Crippen LogP contribution is 2.26. The van der Waals surface area contributed by atoms with Crippen molar-refractivity contribution in [1.82, 2.24) is 4.98 Å². The number of benzene rings is 2. The first-order valence-electron chi connectivity index (χ1n) is 9.40. The molecule has 1 N–H and O–H groups in total. The molecule has 29 heavy (non-hydrogen) atoms. The molecule has 2 aromatic carbocycles. The van der Waals surface area contributed by atoms with Crippen LogP contribution in [0.3, 0.4) is 0 Å². The Morgan fingerprint density at radius 1 is 1.07 bits per heavy atom. The fraction of sp³-hybridized carbons (Fsp3) is 0.273. The van der Waals surface area contributed by atoms with Gasteiger partial charge in [0.2, 0.25) is 5.91 Å². The average molecular weight is 429 g/mol. The monoisotopic (exact) mass is 428 g/mol. The summed E-state index contributed by atoms with van der Waals surface area (Å²) >= 11 is 1.32. The van der Waals surface area contributed by atoms with Crippen LogP contribution in [-0.2, 0) is 14.6 Å². The molecule has 1 heterocycles. The van der Waals surface area contributed by atoms with Gasteiger partial charge in [0.1, 0.15) is 0 Å². The van der Waals surface area contributed by atoms with Crippen LogP contribution in [0.15, 0.2) is 58.8 Å². The number of nitrogens with zero attached hydrogens (tertiary/aromatic N) is 1. The van der Waals surface area contributed by atoms with Crippen LogP contribution in [0.4, 0.5) is 5.13 Å². The molecule has 3 aromatic rings. The van der Waals surface area contributed by atoms with Crippen molar-refractivity contribution in [2.75, 3.05) is 11.1 Å². The number of thiazole rings is 1. The van der Waals surface area contributed by atoms with E-state index in [2.05, 4.69) is 36.3 Å². The molecule has 7 heteroatoms. The van der Waals surface area contributed by atoms with Gasteiger partial charge in [-0.15, -0.1) is 11.3 Å². The van der Waals surface area contributed by atoms with Crippen molar-refractivity contribution in [1.29, 1.82) is 0 Å². The maximum Gasteiger partial charge on any atom is 0.227 e. The van der Waals surface area contributed by atoms with E-state index in [1.807, 2.05) is 24.4 Å². The largest absolute Gasteiger partial charge is 0.302 e. The summed E-state index contributed by atoms with van der Waals surface area (Å²) in [5.74, 6) is -0.140. The topological polar surface area (TPSA) is 76.1 Å². The maximum absolute atomic E-state index is 12.4. The van der Waals surface area contributed by atoms with E-state index in [9.17, 15) is 13.2 Å². The summed E-state index contributed by atoms with van der Waals surface area (Å²) in [5, 5.41) is 5.04. The van der Waals surface area contributed by atoms with E-state index >= 15 is 0 Å². The summed E-state index contributed by atoms with van der Waals surface area (Å²) in [6.45, 7) is 6.18. The Bertz CT molecular complexity index is 1080. The fourth-order valence-electron chi connectivity index (χ4n) is 2.77. The lowest BCUT2D eigenvalue weighted by Gasteiger charge is -2.06. The fourth-order valence-corrected chi connectivity index (χ4v) is 4.75. The summed E-state index contributed by atoms with van der Waals surface area (Å²) in [7, 11) is -3.49. The van der Waals surface area contributed by atoms with Crippen LogP contribution in [0.2, 0.25) is 0 Å². The van der Waals surface area contributed by atoms with Crippen LogP contribution < -0.4 is 5.32 Å². The van der Waals surface area contributed by atoms with Crippen molar-refractivity contribution in [3.05, 3.63) is 65.0 Å². The van der Waals surface area contributed by atoms with Crippen LogP contribution in [0.1, 0.15) is 37.3 Å². The van der Waals surface area contributed by atoms with Gasteiger partial charge >= 0.3 is 0 Å². The number of amides is 1. The molecule has 5 nitrogen and oxygen atoms in total. The molecule has 1 amide bonds. The lowest BCUT2D eigenvalue weighted by molar-refractivity contribution is -0.115. The van der Waals surface area contributed by atoms with Gasteiger partial charge in [0.25, 0.3) is 0 Å². The number of aromatic nitrogens is 1. The van der Waals surface area contributed by atoms with Gasteiger partial charge in [-0.25, -0.2) is 13.4 Å². The third-order valence-corrected chi connectivity index (χ3v) is 7.09. The van der Waals surface area contributed by atoms with Crippen molar-refractivity contribution >= 4 is 32.2 Å². The Hall–Kier alpha value is -2.51. The molecule has 3 rings (SSSR count). The highest BCUT2D eigenvalue weighted by molar-refractivity contribution is 7.91. The molecule has 152 valence electrons. The zero-order valence-electron chi connectivity index (χ0n) is 16.7. The summed E-state index contributed by atoms with van der Waals surface area (Å²) in [4.78, 5) is 16.9. The lowest BCUT2D eigenvalue weighted by Crippen LogP contribution is -2.17. The molecule has 0 radical (unpaired) electrons. The normalized spacial score (nSPS) is 11.6. The number of hydrogen-bond acceptors (Lipinski definition) is 5. The van der Waals surface area contributed by atoms with Crippen molar-refractivity contribution in [2.45, 2.75) is 38.0 Å². The van der Waals surface area contributed by atoms with E-state index in [-0.39, 0.29) is 23.0 Å². The van der Waals surface area contributed by atoms with E-state index < -0.39 is 9.84 Å². The zero-order chi connectivity index (χ0) is 21.0.